The Morgan fingerprint density at radius 2 is 2.47 bits per heavy atom. The van der Waals surface area contributed by atoms with Crippen LogP contribution in [0, 0.1) is 6.92 Å². The van der Waals surface area contributed by atoms with Gasteiger partial charge in [-0.2, -0.15) is 0 Å². The second-order valence-corrected chi connectivity index (χ2v) is 5.21. The zero-order chi connectivity index (χ0) is 9.97. The molecule has 5 heteroatoms. The predicted octanol–water partition coefficient (Wildman–Crippen LogP) is 1.67. The highest BCUT2D eigenvalue weighted by atomic mass is 35.5. The van der Waals surface area contributed by atoms with Crippen LogP contribution in [0.2, 0.25) is 0 Å². The quantitative estimate of drug-likeness (QED) is 0.862. The molecular formula is C10H18ClN3S. The lowest BCUT2D eigenvalue weighted by Gasteiger charge is -2.33. The molecule has 1 atom stereocenters. The number of nitrogens with one attached hydrogen (secondary N) is 1. The summed E-state index contributed by atoms with van der Waals surface area (Å²) in [5.41, 5.74) is 0. The fourth-order valence-electron chi connectivity index (χ4n) is 1.77. The third-order valence-electron chi connectivity index (χ3n) is 2.65. The fourth-order valence-corrected chi connectivity index (χ4v) is 2.58. The molecular weight excluding hydrogens is 230 g/mol. The standard InChI is InChI=1S/C10H17N3S.ClH/c1-8-5-11-3-4-13(8)7-10-12-6-9(2)14-10;/h6,8,11H,3-5,7H2,1-2H3;1H/t8-;/m0./s1. The molecule has 0 amide bonds. The Labute approximate surface area is 101 Å². The Balaban J connectivity index is 0.00000112. The normalized spacial score (nSPS) is 22.4. The number of thiazole rings is 1. The molecule has 15 heavy (non-hydrogen) atoms. The number of aryl methyl sites for hydroxylation is 1. The number of rotatable bonds is 2. The molecule has 1 aromatic heterocycles. The van der Waals surface area contributed by atoms with Crippen LogP contribution in [0.5, 0.6) is 0 Å². The number of piperazine rings is 1. The summed E-state index contributed by atoms with van der Waals surface area (Å²) in [6.07, 6.45) is 1.97. The van der Waals surface area contributed by atoms with Crippen LogP contribution in [0.1, 0.15) is 16.8 Å². The van der Waals surface area contributed by atoms with E-state index in [1.165, 1.54) is 9.88 Å². The molecule has 0 bridgehead atoms. The van der Waals surface area contributed by atoms with Gasteiger partial charge in [-0.25, -0.2) is 4.98 Å². The highest BCUT2D eigenvalue weighted by molar-refractivity contribution is 7.11. The van der Waals surface area contributed by atoms with Gasteiger partial charge in [-0.05, 0) is 13.8 Å². The first kappa shape index (κ1) is 12.9. The van der Waals surface area contributed by atoms with E-state index in [0.29, 0.717) is 6.04 Å². The fraction of sp³-hybridized carbons (Fsp3) is 0.700. The highest BCUT2D eigenvalue weighted by Crippen LogP contribution is 2.15. The molecule has 1 aliphatic heterocycles. The summed E-state index contributed by atoms with van der Waals surface area (Å²) < 4.78 is 0. The Bertz CT molecular complexity index is 303. The third-order valence-corrected chi connectivity index (χ3v) is 3.54. The SMILES string of the molecule is Cc1cnc(CN2CCNC[C@@H]2C)s1.Cl. The Morgan fingerprint density at radius 1 is 1.67 bits per heavy atom. The average molecular weight is 248 g/mol. The molecule has 0 aromatic carbocycles. The van der Waals surface area contributed by atoms with Gasteiger partial charge in [0.05, 0.1) is 6.54 Å². The maximum Gasteiger partial charge on any atom is 0.107 e. The van der Waals surface area contributed by atoms with Crippen molar-refractivity contribution in [3.8, 4) is 0 Å². The number of aromatic nitrogens is 1. The minimum Gasteiger partial charge on any atom is -0.314 e. The van der Waals surface area contributed by atoms with Gasteiger partial charge in [-0.15, -0.1) is 23.7 Å². The first-order valence-electron chi connectivity index (χ1n) is 5.12. The second-order valence-electron chi connectivity index (χ2n) is 3.89. The van der Waals surface area contributed by atoms with Gasteiger partial charge in [0, 0.05) is 36.8 Å². The van der Waals surface area contributed by atoms with E-state index in [1.807, 2.05) is 17.5 Å². The molecule has 1 aliphatic rings. The molecule has 1 fully saturated rings. The maximum absolute atomic E-state index is 4.40. The molecule has 1 aromatic rings. The summed E-state index contributed by atoms with van der Waals surface area (Å²) in [6, 6.07) is 0.632. The van der Waals surface area contributed by atoms with E-state index >= 15 is 0 Å². The van der Waals surface area contributed by atoms with Gasteiger partial charge < -0.3 is 5.32 Å². The number of nitrogens with zero attached hydrogens (tertiary/aromatic N) is 2. The van der Waals surface area contributed by atoms with Crippen molar-refractivity contribution in [3.63, 3.8) is 0 Å². The average Bonchev–Trinajstić information content (AvgIpc) is 2.56. The minimum atomic E-state index is 0. The molecule has 2 rings (SSSR count). The molecule has 86 valence electrons. The summed E-state index contributed by atoms with van der Waals surface area (Å²) >= 11 is 1.81. The van der Waals surface area contributed by atoms with Crippen LogP contribution in [-0.2, 0) is 6.54 Å². The van der Waals surface area contributed by atoms with E-state index in [1.54, 1.807) is 0 Å². The lowest BCUT2D eigenvalue weighted by molar-refractivity contribution is 0.165. The van der Waals surface area contributed by atoms with Gasteiger partial charge in [-0.1, -0.05) is 0 Å². The van der Waals surface area contributed by atoms with Gasteiger partial charge in [-0.3, -0.25) is 4.90 Å². The molecule has 3 nitrogen and oxygen atoms in total. The van der Waals surface area contributed by atoms with Gasteiger partial charge in [0.1, 0.15) is 5.01 Å². The Morgan fingerprint density at radius 3 is 3.07 bits per heavy atom. The van der Waals surface area contributed by atoms with E-state index in [-0.39, 0.29) is 12.4 Å². The van der Waals surface area contributed by atoms with E-state index in [9.17, 15) is 0 Å². The van der Waals surface area contributed by atoms with Crippen LogP contribution in [0.4, 0.5) is 0 Å². The zero-order valence-electron chi connectivity index (χ0n) is 9.19. The number of hydrogen-bond donors (Lipinski definition) is 1. The van der Waals surface area contributed by atoms with Crippen LogP contribution < -0.4 is 5.32 Å². The van der Waals surface area contributed by atoms with Crippen LogP contribution in [0.3, 0.4) is 0 Å². The van der Waals surface area contributed by atoms with Gasteiger partial charge in [0.2, 0.25) is 0 Å². The summed E-state index contributed by atoms with van der Waals surface area (Å²) in [5.74, 6) is 0. The molecule has 0 radical (unpaired) electrons. The van der Waals surface area contributed by atoms with Gasteiger partial charge in [0.25, 0.3) is 0 Å². The van der Waals surface area contributed by atoms with Crippen molar-refractivity contribution in [1.82, 2.24) is 15.2 Å². The van der Waals surface area contributed by atoms with Gasteiger partial charge in [0.15, 0.2) is 0 Å². The smallest absolute Gasteiger partial charge is 0.107 e. The van der Waals surface area contributed by atoms with Crippen LogP contribution >= 0.6 is 23.7 Å². The highest BCUT2D eigenvalue weighted by Gasteiger charge is 2.18. The summed E-state index contributed by atoms with van der Waals surface area (Å²) in [5, 5.41) is 4.64. The Hall–Kier alpha value is -0.160. The maximum atomic E-state index is 4.40. The van der Waals surface area contributed by atoms with Crippen molar-refractivity contribution in [3.05, 3.63) is 16.1 Å². The van der Waals surface area contributed by atoms with E-state index in [0.717, 1.165) is 26.2 Å². The predicted molar refractivity (Wildman–Crippen MR) is 66.8 cm³/mol. The summed E-state index contributed by atoms with van der Waals surface area (Å²) in [4.78, 5) is 8.20. The van der Waals surface area contributed by atoms with Crippen LogP contribution in [0.25, 0.3) is 0 Å². The zero-order valence-corrected chi connectivity index (χ0v) is 10.8. The Kier molecular flexibility index (Phi) is 4.99. The van der Waals surface area contributed by atoms with Crippen molar-refractivity contribution in [1.29, 1.82) is 0 Å². The summed E-state index contributed by atoms with van der Waals surface area (Å²) in [7, 11) is 0. The number of halogens is 1. The minimum absolute atomic E-state index is 0. The number of hydrogen-bond acceptors (Lipinski definition) is 4. The molecule has 1 N–H and O–H groups in total. The summed E-state index contributed by atoms with van der Waals surface area (Å²) in [6.45, 7) is 8.75. The van der Waals surface area contributed by atoms with Crippen molar-refractivity contribution < 1.29 is 0 Å². The topological polar surface area (TPSA) is 28.2 Å². The second kappa shape index (κ2) is 5.80. The van der Waals surface area contributed by atoms with Crippen LogP contribution in [0.15, 0.2) is 6.20 Å². The molecule has 0 saturated carbocycles. The van der Waals surface area contributed by atoms with E-state index in [2.05, 4.69) is 29.0 Å². The monoisotopic (exact) mass is 247 g/mol. The third kappa shape index (κ3) is 3.41. The van der Waals surface area contributed by atoms with E-state index in [4.69, 9.17) is 0 Å². The van der Waals surface area contributed by atoms with Crippen molar-refractivity contribution in [2.45, 2.75) is 26.4 Å². The van der Waals surface area contributed by atoms with E-state index < -0.39 is 0 Å². The first-order valence-corrected chi connectivity index (χ1v) is 5.93. The molecule has 2 heterocycles. The van der Waals surface area contributed by atoms with Crippen molar-refractivity contribution in [2.24, 2.45) is 0 Å². The first-order chi connectivity index (χ1) is 6.75. The molecule has 0 spiro atoms. The molecule has 0 unspecified atom stereocenters. The van der Waals surface area contributed by atoms with Gasteiger partial charge >= 0.3 is 0 Å². The van der Waals surface area contributed by atoms with Crippen molar-refractivity contribution >= 4 is 23.7 Å². The largest absolute Gasteiger partial charge is 0.314 e. The van der Waals surface area contributed by atoms with Crippen LogP contribution in [-0.4, -0.2) is 35.6 Å². The molecule has 1 saturated heterocycles. The molecule has 0 aliphatic carbocycles. The lowest BCUT2D eigenvalue weighted by Crippen LogP contribution is -2.49. The van der Waals surface area contributed by atoms with Crippen molar-refractivity contribution in [2.75, 3.05) is 19.6 Å². The lowest BCUT2D eigenvalue weighted by atomic mass is 10.2.